The van der Waals surface area contributed by atoms with Crippen molar-refractivity contribution in [2.24, 2.45) is 0 Å². The molecule has 1 aliphatic rings. The van der Waals surface area contributed by atoms with Crippen molar-refractivity contribution in [2.45, 2.75) is 6.04 Å². The van der Waals surface area contributed by atoms with Crippen molar-refractivity contribution in [3.05, 3.63) is 29.6 Å². The molecule has 1 radical (unpaired) electrons. The Balaban J connectivity index is 2.26. The van der Waals surface area contributed by atoms with Crippen LogP contribution in [0.4, 0.5) is 0 Å². The van der Waals surface area contributed by atoms with E-state index < -0.39 is 0 Å². The van der Waals surface area contributed by atoms with Gasteiger partial charge < -0.3 is 5.32 Å². The van der Waals surface area contributed by atoms with Gasteiger partial charge >= 0.3 is 0 Å². The van der Waals surface area contributed by atoms with Crippen LogP contribution in [0.2, 0.25) is 0 Å². The highest BCUT2D eigenvalue weighted by Crippen LogP contribution is 2.16. The third-order valence-electron chi connectivity index (χ3n) is 2.25. The summed E-state index contributed by atoms with van der Waals surface area (Å²) in [4.78, 5) is 4.22. The van der Waals surface area contributed by atoms with E-state index in [1.165, 1.54) is 0 Å². The van der Waals surface area contributed by atoms with Gasteiger partial charge in [-0.1, -0.05) is 0 Å². The third kappa shape index (κ3) is 1.74. The second-order valence-corrected chi connectivity index (χ2v) is 3.17. The lowest BCUT2D eigenvalue weighted by Crippen LogP contribution is -2.39. The third-order valence-corrected chi connectivity index (χ3v) is 2.25. The highest BCUT2D eigenvalue weighted by atomic mass is 15.1. The van der Waals surface area contributed by atoms with E-state index in [9.17, 15) is 0 Å². The number of hydrogen-bond donors (Lipinski definition) is 1. The number of nitriles is 1. The molecule has 1 aliphatic heterocycles. The topological polar surface area (TPSA) is 62.8 Å². The predicted octanol–water partition coefficient (Wildman–Crippen LogP) is 0.202. The Labute approximate surface area is 83.0 Å². The van der Waals surface area contributed by atoms with Gasteiger partial charge in [-0.2, -0.15) is 5.26 Å². The zero-order chi connectivity index (χ0) is 9.80. The summed E-state index contributed by atoms with van der Waals surface area (Å²) in [6.07, 6.45) is 1.71. The maximum absolute atomic E-state index is 8.90. The summed E-state index contributed by atoms with van der Waals surface area (Å²) in [5.74, 6) is 0. The summed E-state index contributed by atoms with van der Waals surface area (Å²) in [6.45, 7) is 2.50. The van der Waals surface area contributed by atoms with Crippen LogP contribution in [0.1, 0.15) is 17.3 Å². The SMILES string of the molecule is N#Cc1cccnc1C1CNCC[N]1. The van der Waals surface area contributed by atoms with Gasteiger partial charge in [0, 0.05) is 25.8 Å². The molecule has 71 valence electrons. The maximum atomic E-state index is 8.90. The Bertz CT molecular complexity index is 349. The molecular weight excluding hydrogens is 176 g/mol. The van der Waals surface area contributed by atoms with Crippen LogP contribution in [0.25, 0.3) is 0 Å². The summed E-state index contributed by atoms with van der Waals surface area (Å²) >= 11 is 0. The van der Waals surface area contributed by atoms with Gasteiger partial charge in [0.25, 0.3) is 0 Å². The summed E-state index contributed by atoms with van der Waals surface area (Å²) in [5.41, 5.74) is 1.42. The molecule has 1 unspecified atom stereocenters. The summed E-state index contributed by atoms with van der Waals surface area (Å²) < 4.78 is 0. The van der Waals surface area contributed by atoms with Gasteiger partial charge in [-0.05, 0) is 12.1 Å². The smallest absolute Gasteiger partial charge is 0.101 e. The molecule has 1 atom stereocenters. The van der Waals surface area contributed by atoms with Crippen LogP contribution < -0.4 is 10.6 Å². The van der Waals surface area contributed by atoms with E-state index in [1.807, 2.05) is 0 Å². The monoisotopic (exact) mass is 187 g/mol. The Hall–Kier alpha value is -1.44. The summed E-state index contributed by atoms with van der Waals surface area (Å²) in [5, 5.41) is 16.6. The number of pyridine rings is 1. The van der Waals surface area contributed by atoms with Crippen LogP contribution in [0, 0.1) is 11.3 Å². The predicted molar refractivity (Wildman–Crippen MR) is 51.6 cm³/mol. The van der Waals surface area contributed by atoms with Crippen molar-refractivity contribution < 1.29 is 0 Å². The number of nitrogens with one attached hydrogen (secondary N) is 1. The van der Waals surface area contributed by atoms with Crippen molar-refractivity contribution in [2.75, 3.05) is 19.6 Å². The van der Waals surface area contributed by atoms with Crippen LogP contribution in [-0.2, 0) is 0 Å². The van der Waals surface area contributed by atoms with Gasteiger partial charge in [0.2, 0.25) is 0 Å². The lowest BCUT2D eigenvalue weighted by molar-refractivity contribution is 0.414. The van der Waals surface area contributed by atoms with E-state index >= 15 is 0 Å². The average Bonchev–Trinajstić information content (AvgIpc) is 2.30. The van der Waals surface area contributed by atoms with E-state index in [1.54, 1.807) is 18.3 Å². The minimum absolute atomic E-state index is 0.0413. The number of nitrogens with zero attached hydrogens (tertiary/aromatic N) is 3. The highest BCUT2D eigenvalue weighted by molar-refractivity contribution is 5.34. The fourth-order valence-electron chi connectivity index (χ4n) is 1.56. The molecule has 1 aromatic rings. The average molecular weight is 187 g/mol. The molecule has 2 rings (SSSR count). The van der Waals surface area contributed by atoms with Crippen molar-refractivity contribution in [3.8, 4) is 6.07 Å². The molecule has 4 nitrogen and oxygen atoms in total. The quantitative estimate of drug-likeness (QED) is 0.683. The van der Waals surface area contributed by atoms with Crippen LogP contribution >= 0.6 is 0 Å². The fourth-order valence-corrected chi connectivity index (χ4v) is 1.56. The van der Waals surface area contributed by atoms with Crippen molar-refractivity contribution >= 4 is 0 Å². The first kappa shape index (κ1) is 9.13. The van der Waals surface area contributed by atoms with Crippen LogP contribution in [0.5, 0.6) is 0 Å². The standard InChI is InChI=1S/C10H11N4/c11-6-8-2-1-3-14-10(8)9-7-12-4-5-13-9/h1-3,9,12H,4-5,7H2. The Morgan fingerprint density at radius 2 is 2.50 bits per heavy atom. The first-order valence-electron chi connectivity index (χ1n) is 4.64. The molecule has 1 fully saturated rings. The Morgan fingerprint density at radius 1 is 1.57 bits per heavy atom. The molecular formula is C10H11N4. The van der Waals surface area contributed by atoms with E-state index in [0.29, 0.717) is 5.56 Å². The minimum Gasteiger partial charge on any atom is -0.313 e. The maximum Gasteiger partial charge on any atom is 0.101 e. The van der Waals surface area contributed by atoms with Crippen molar-refractivity contribution in [1.82, 2.24) is 15.6 Å². The normalized spacial score (nSPS) is 21.5. The molecule has 0 aromatic carbocycles. The van der Waals surface area contributed by atoms with E-state index in [2.05, 4.69) is 21.7 Å². The molecule has 0 aliphatic carbocycles. The van der Waals surface area contributed by atoms with Gasteiger partial charge in [-0.25, -0.2) is 5.32 Å². The molecule has 0 bridgehead atoms. The Morgan fingerprint density at radius 3 is 3.21 bits per heavy atom. The van der Waals surface area contributed by atoms with Gasteiger partial charge in [-0.15, -0.1) is 0 Å². The number of piperazine rings is 1. The van der Waals surface area contributed by atoms with E-state index in [4.69, 9.17) is 5.26 Å². The lowest BCUT2D eigenvalue weighted by atomic mass is 10.1. The van der Waals surface area contributed by atoms with Gasteiger partial charge in [0.1, 0.15) is 6.07 Å². The zero-order valence-electron chi connectivity index (χ0n) is 7.77. The fraction of sp³-hybridized carbons (Fsp3) is 0.400. The second-order valence-electron chi connectivity index (χ2n) is 3.17. The first-order chi connectivity index (χ1) is 6.92. The molecule has 1 N–H and O–H groups in total. The molecule has 0 amide bonds. The highest BCUT2D eigenvalue weighted by Gasteiger charge is 2.19. The summed E-state index contributed by atoms with van der Waals surface area (Å²) in [6, 6.07) is 5.74. The number of rotatable bonds is 1. The lowest BCUT2D eigenvalue weighted by Gasteiger charge is -2.22. The first-order valence-corrected chi connectivity index (χ1v) is 4.64. The van der Waals surface area contributed by atoms with Crippen molar-refractivity contribution in [3.63, 3.8) is 0 Å². The van der Waals surface area contributed by atoms with Gasteiger partial charge in [0.15, 0.2) is 0 Å². The van der Waals surface area contributed by atoms with Crippen LogP contribution in [0.15, 0.2) is 18.3 Å². The molecule has 1 aromatic heterocycles. The second kappa shape index (κ2) is 4.18. The molecule has 0 saturated carbocycles. The number of hydrogen-bond acceptors (Lipinski definition) is 3. The largest absolute Gasteiger partial charge is 0.313 e. The molecule has 0 spiro atoms. The Kier molecular flexibility index (Phi) is 2.73. The van der Waals surface area contributed by atoms with Gasteiger partial charge in [0.05, 0.1) is 17.3 Å². The molecule has 4 heteroatoms. The van der Waals surface area contributed by atoms with E-state index in [-0.39, 0.29) is 6.04 Å². The van der Waals surface area contributed by atoms with Crippen LogP contribution in [-0.4, -0.2) is 24.6 Å². The molecule has 2 heterocycles. The van der Waals surface area contributed by atoms with E-state index in [0.717, 1.165) is 25.3 Å². The van der Waals surface area contributed by atoms with Crippen LogP contribution in [0.3, 0.4) is 0 Å². The molecule has 14 heavy (non-hydrogen) atoms. The number of aromatic nitrogens is 1. The zero-order valence-corrected chi connectivity index (χ0v) is 7.77. The molecule has 1 saturated heterocycles. The summed E-state index contributed by atoms with van der Waals surface area (Å²) in [7, 11) is 0. The van der Waals surface area contributed by atoms with Gasteiger partial charge in [-0.3, -0.25) is 4.98 Å². The minimum atomic E-state index is 0.0413. The van der Waals surface area contributed by atoms with Crippen molar-refractivity contribution in [1.29, 1.82) is 5.26 Å².